The number of ether oxygens (including phenoxy) is 3. The van der Waals surface area contributed by atoms with Crippen LogP contribution in [0.2, 0.25) is 5.02 Å². The summed E-state index contributed by atoms with van der Waals surface area (Å²) < 4.78 is 34.4. The molecule has 6 rings (SSSR count). The summed E-state index contributed by atoms with van der Waals surface area (Å²) in [7, 11) is -1.47. The van der Waals surface area contributed by atoms with Gasteiger partial charge in [-0.3, -0.25) is 9.52 Å². The summed E-state index contributed by atoms with van der Waals surface area (Å²) >= 11 is 6.44. The van der Waals surface area contributed by atoms with Gasteiger partial charge < -0.3 is 19.1 Å². The van der Waals surface area contributed by atoms with Gasteiger partial charge in [0.1, 0.15) is 16.7 Å². The van der Waals surface area contributed by atoms with Gasteiger partial charge in [0, 0.05) is 35.5 Å². The molecular formula is C36H49ClN2O5S. The minimum Gasteiger partial charge on any atom is -0.490 e. The first-order chi connectivity index (χ1) is 21.8. The van der Waals surface area contributed by atoms with Crippen LogP contribution in [0.1, 0.15) is 93.6 Å². The van der Waals surface area contributed by atoms with Crippen LogP contribution in [0.25, 0.3) is 0 Å². The first-order valence-electron chi connectivity index (χ1n) is 17.0. The van der Waals surface area contributed by atoms with Gasteiger partial charge in [-0.1, -0.05) is 37.9 Å². The molecule has 2 fully saturated rings. The van der Waals surface area contributed by atoms with Crippen molar-refractivity contribution in [3.05, 3.63) is 58.1 Å². The van der Waals surface area contributed by atoms with E-state index in [1.165, 1.54) is 17.5 Å². The van der Waals surface area contributed by atoms with E-state index in [2.05, 4.69) is 35.6 Å². The van der Waals surface area contributed by atoms with E-state index < -0.39 is 11.0 Å². The van der Waals surface area contributed by atoms with Crippen LogP contribution < -0.4 is 14.4 Å². The minimum atomic E-state index is -1.47. The topological polar surface area (TPSA) is 77.1 Å². The van der Waals surface area contributed by atoms with Crippen molar-refractivity contribution < 1.29 is 23.2 Å². The fraction of sp³-hybridized carbons (Fsp3) is 0.639. The maximum atomic E-state index is 13.5. The number of benzene rings is 2. The highest BCUT2D eigenvalue weighted by molar-refractivity contribution is 7.84. The molecular weight excluding hydrogens is 608 g/mol. The van der Waals surface area contributed by atoms with Gasteiger partial charge in [0.25, 0.3) is 5.91 Å². The molecule has 2 aliphatic heterocycles. The van der Waals surface area contributed by atoms with E-state index in [1.54, 1.807) is 6.07 Å². The van der Waals surface area contributed by atoms with Crippen LogP contribution in [-0.4, -0.2) is 54.6 Å². The molecule has 1 amide bonds. The number of carbonyl (C=O) groups excluding carboxylic acids is 1. The second-order valence-electron chi connectivity index (χ2n) is 13.8. The summed E-state index contributed by atoms with van der Waals surface area (Å²) in [4.78, 5) is 15.9. The van der Waals surface area contributed by atoms with Crippen molar-refractivity contribution in [1.29, 1.82) is 0 Å². The highest BCUT2D eigenvalue weighted by Gasteiger charge is 2.44. The summed E-state index contributed by atoms with van der Waals surface area (Å²) in [5, 5.41) is 0.651. The van der Waals surface area contributed by atoms with E-state index in [9.17, 15) is 9.00 Å². The van der Waals surface area contributed by atoms with Crippen molar-refractivity contribution in [2.75, 3.05) is 37.8 Å². The van der Waals surface area contributed by atoms with Gasteiger partial charge in [0.2, 0.25) is 0 Å². The van der Waals surface area contributed by atoms with Crippen molar-refractivity contribution in [3.8, 4) is 5.75 Å². The monoisotopic (exact) mass is 656 g/mol. The molecule has 1 saturated heterocycles. The number of fused-ring (bicyclic) bond motifs is 3. The molecule has 9 heteroatoms. The van der Waals surface area contributed by atoms with Crippen molar-refractivity contribution in [3.63, 3.8) is 0 Å². The van der Waals surface area contributed by atoms with Crippen molar-refractivity contribution >= 4 is 34.2 Å². The Morgan fingerprint density at radius 3 is 2.67 bits per heavy atom. The number of nitrogens with zero attached hydrogens (tertiary/aromatic N) is 1. The zero-order chi connectivity index (χ0) is 31.6. The number of anilines is 1. The molecule has 0 aromatic heterocycles. The number of carbonyl (C=O) groups is 1. The number of amides is 1. The van der Waals surface area contributed by atoms with Gasteiger partial charge >= 0.3 is 0 Å². The Bertz CT molecular complexity index is 1380. The van der Waals surface area contributed by atoms with Gasteiger partial charge in [-0.15, -0.1) is 0 Å². The third-order valence-electron chi connectivity index (χ3n) is 10.8. The molecule has 0 bridgehead atoms. The Balaban J connectivity index is 1.27. The molecule has 45 heavy (non-hydrogen) atoms. The third kappa shape index (κ3) is 7.24. The van der Waals surface area contributed by atoms with Crippen LogP contribution in [0.15, 0.2) is 36.4 Å². The zero-order valence-corrected chi connectivity index (χ0v) is 28.6. The molecule has 6 atom stereocenters. The molecule has 1 saturated carbocycles. The third-order valence-corrected chi connectivity index (χ3v) is 12.6. The number of nitrogens with one attached hydrogen (secondary N) is 1. The van der Waals surface area contributed by atoms with Crippen LogP contribution in [-0.2, 0) is 32.3 Å². The van der Waals surface area contributed by atoms with Gasteiger partial charge in [0.05, 0.1) is 30.8 Å². The molecule has 2 aliphatic carbocycles. The summed E-state index contributed by atoms with van der Waals surface area (Å²) in [5.74, 6) is 1.79. The molecule has 0 radical (unpaired) electrons. The zero-order valence-electron chi connectivity index (χ0n) is 27.0. The largest absolute Gasteiger partial charge is 0.490 e. The molecule has 2 heterocycles. The summed E-state index contributed by atoms with van der Waals surface area (Å²) in [6, 6.07) is 12.0. The predicted octanol–water partition coefficient (Wildman–Crippen LogP) is 7.21. The number of hydrogen-bond donors (Lipinski definition) is 1. The Labute approximate surface area is 276 Å². The number of rotatable bonds is 10. The number of halogens is 1. The molecule has 1 spiro atoms. The van der Waals surface area contributed by atoms with Crippen molar-refractivity contribution in [2.45, 2.75) is 95.5 Å². The van der Waals surface area contributed by atoms with Gasteiger partial charge in [-0.05, 0) is 111 Å². The number of aryl methyl sites for hydroxylation is 1. The molecule has 2 aromatic carbocycles. The maximum Gasteiger partial charge on any atom is 0.263 e. The smallest absolute Gasteiger partial charge is 0.263 e. The lowest BCUT2D eigenvalue weighted by Gasteiger charge is -2.45. The lowest BCUT2D eigenvalue weighted by atomic mass is 9.69. The minimum absolute atomic E-state index is 0.105. The van der Waals surface area contributed by atoms with Crippen molar-refractivity contribution in [1.82, 2.24) is 4.72 Å². The molecule has 1 N–H and O–H groups in total. The van der Waals surface area contributed by atoms with Crippen LogP contribution in [0, 0.1) is 17.8 Å². The Morgan fingerprint density at radius 1 is 1.11 bits per heavy atom. The lowest BCUT2D eigenvalue weighted by Crippen LogP contribution is -2.48. The van der Waals surface area contributed by atoms with E-state index in [4.69, 9.17) is 25.8 Å². The Kier molecular flexibility index (Phi) is 10.4. The van der Waals surface area contributed by atoms with E-state index in [1.807, 2.05) is 25.1 Å². The van der Waals surface area contributed by atoms with Gasteiger partial charge in [-0.25, -0.2) is 4.21 Å². The fourth-order valence-corrected chi connectivity index (χ4v) is 9.03. The average molecular weight is 657 g/mol. The second-order valence-corrected chi connectivity index (χ2v) is 15.8. The maximum absolute atomic E-state index is 13.5. The van der Waals surface area contributed by atoms with Crippen LogP contribution in [0.4, 0.5) is 5.69 Å². The molecule has 2 aromatic rings. The summed E-state index contributed by atoms with van der Waals surface area (Å²) in [6.07, 6.45) is 9.27. The van der Waals surface area contributed by atoms with Crippen LogP contribution >= 0.6 is 11.6 Å². The molecule has 4 aliphatic rings. The summed E-state index contributed by atoms with van der Waals surface area (Å²) in [6.45, 7) is 9.99. The average Bonchev–Trinajstić information content (AvgIpc) is 3.18. The fourth-order valence-electron chi connectivity index (χ4n) is 7.79. The Morgan fingerprint density at radius 2 is 1.91 bits per heavy atom. The van der Waals surface area contributed by atoms with Gasteiger partial charge in [0.15, 0.2) is 6.29 Å². The van der Waals surface area contributed by atoms with Crippen LogP contribution in [0.5, 0.6) is 5.75 Å². The normalized spacial score (nSPS) is 26.9. The highest BCUT2D eigenvalue weighted by Crippen LogP contribution is 2.47. The van der Waals surface area contributed by atoms with E-state index in [0.29, 0.717) is 24.0 Å². The first kappa shape index (κ1) is 32.8. The highest BCUT2D eigenvalue weighted by atomic mass is 35.5. The lowest BCUT2D eigenvalue weighted by molar-refractivity contribution is -0.192. The molecule has 5 unspecified atom stereocenters. The SMILES string of the molecule is CCCC(C)C(C)S(=O)NC(=O)c1ccc2c(c1)N(CC1CCC1CC1OCCCO1)C[C@@]1(CCCc3cc(Cl)ccc31)CO2. The van der Waals surface area contributed by atoms with E-state index in [0.717, 1.165) is 94.1 Å². The standard InChI is InChI=1S/C36H49ClN2O5S/c1-4-7-24(2)25(3)45(41)38-35(40)28-11-14-33-32(19-28)39(21-29-10-9-26(29)20-34-42-16-6-17-43-34)22-36(23-44-33)15-5-8-27-18-30(37)12-13-31(27)36/h11-14,18-19,24-26,29,34H,4-10,15-17,20-23H2,1-3H3,(H,38,40)/t24?,25?,26?,29?,36-,45?/m0/s1. The van der Waals surface area contributed by atoms with Crippen LogP contribution in [0.3, 0.4) is 0 Å². The summed E-state index contributed by atoms with van der Waals surface area (Å²) in [5.41, 5.74) is 3.90. The van der Waals surface area contributed by atoms with Gasteiger partial charge in [-0.2, -0.15) is 0 Å². The van der Waals surface area contributed by atoms with E-state index >= 15 is 0 Å². The Hall–Kier alpha value is -2.13. The molecule has 7 nitrogen and oxygen atoms in total. The molecule has 246 valence electrons. The van der Waals surface area contributed by atoms with E-state index in [-0.39, 0.29) is 28.8 Å². The predicted molar refractivity (Wildman–Crippen MR) is 181 cm³/mol. The quantitative estimate of drug-likeness (QED) is 0.291. The number of hydrogen-bond acceptors (Lipinski definition) is 6. The first-order valence-corrected chi connectivity index (χ1v) is 18.6. The second kappa shape index (κ2) is 14.3. The van der Waals surface area contributed by atoms with Crippen molar-refractivity contribution in [2.24, 2.45) is 17.8 Å².